The van der Waals surface area contributed by atoms with E-state index in [-0.39, 0.29) is 123 Å². The molecule has 75 heavy (non-hydrogen) atoms. The van der Waals surface area contributed by atoms with Gasteiger partial charge in [0.1, 0.15) is 6.10 Å². The Kier molecular flexibility index (Phi) is 23.8. The molecule has 0 spiro atoms. The number of carbonyl (C=O) groups is 2. The number of hydrogen-bond donors (Lipinski definition) is 0. The van der Waals surface area contributed by atoms with Gasteiger partial charge in [-0.25, -0.2) is 0 Å². The van der Waals surface area contributed by atoms with Gasteiger partial charge < -0.3 is 37.3 Å². The van der Waals surface area contributed by atoms with Gasteiger partial charge in [-0.15, -0.1) is 5.73 Å². The quantitative estimate of drug-likeness (QED) is 0.0214. The van der Waals surface area contributed by atoms with Crippen molar-refractivity contribution >= 4 is 45.3 Å². The first-order valence-corrected chi connectivity index (χ1v) is 36.3. The zero-order valence-corrected chi connectivity index (χ0v) is 52.9. The normalized spacial score (nSPS) is 34.1. The van der Waals surface area contributed by atoms with Gasteiger partial charge in [-0.1, -0.05) is 81.5 Å². The van der Waals surface area contributed by atoms with Crippen molar-refractivity contribution in [3.8, 4) is 0 Å². The highest BCUT2D eigenvalue weighted by atomic mass is 31.1. The third-order valence-corrected chi connectivity index (χ3v) is 28.8. The number of carbonyl (C=O) groups excluding carboxylic acids is 2. The molecule has 18 unspecified atom stereocenters. The summed E-state index contributed by atoms with van der Waals surface area (Å²) in [4.78, 5) is 28.0. The summed E-state index contributed by atoms with van der Waals surface area (Å²) >= 11 is 0. The monoisotopic (exact) mass is 1120 g/mol. The first kappa shape index (κ1) is 64.3. The Morgan fingerprint density at radius 2 is 1.52 bits per heavy atom. The van der Waals surface area contributed by atoms with Gasteiger partial charge in [0.15, 0.2) is 39.3 Å². The van der Waals surface area contributed by atoms with Gasteiger partial charge in [-0.3, -0.25) is 18.7 Å². The molecule has 1 aliphatic carbocycles. The first-order chi connectivity index (χ1) is 35.0. The number of hydrogen-bond acceptors (Lipinski definition) is 12. The maximum atomic E-state index is 14.4. The molecule has 4 saturated heterocycles. The van der Waals surface area contributed by atoms with Crippen LogP contribution in [0, 0.1) is 29.6 Å². The molecule has 0 aromatic heterocycles. The standard InChI is InChI=1S/C59H100O12P2Si2/c1-19-36(2)30-37(3)20-27-47-39(5)31-44(65-47)26-24-43(60)23-21-38(4)46-33-42-22-25-45(66-55(42)57(71-75(17,18)59(11,12)13)56(46)70-74(15,16)58(8,9)10)34-52(61)69-54-41(7)53-50(67-49(54)32-40(6)64-14)35-51(73-63)48(68-53)28-29-72-62/h21,23,37-38,40-42,44-51,53-57H,1,5,20,22,24-35H2,2-4,6-18H3. The molecular formula is C59H100O12P2Si2. The highest BCUT2D eigenvalue weighted by Gasteiger charge is 2.56. The van der Waals surface area contributed by atoms with Crippen molar-refractivity contribution in [1.82, 2.24) is 0 Å². The number of ether oxygens (including phenoxy) is 6. The fourth-order valence-electron chi connectivity index (χ4n) is 11.7. The van der Waals surface area contributed by atoms with Crippen LogP contribution in [0.2, 0.25) is 36.3 Å². The Morgan fingerprint density at radius 1 is 0.853 bits per heavy atom. The van der Waals surface area contributed by atoms with E-state index in [0.29, 0.717) is 50.6 Å². The predicted molar refractivity (Wildman–Crippen MR) is 305 cm³/mol. The van der Waals surface area contributed by atoms with E-state index in [4.69, 9.17) is 37.3 Å². The van der Waals surface area contributed by atoms with Crippen molar-refractivity contribution in [2.24, 2.45) is 29.6 Å². The second-order valence-corrected chi connectivity index (χ2v) is 37.6. The molecule has 18 atom stereocenters. The zero-order chi connectivity index (χ0) is 55.8. The summed E-state index contributed by atoms with van der Waals surface area (Å²) < 4.78 is 78.1. The summed E-state index contributed by atoms with van der Waals surface area (Å²) in [7, 11) is -3.18. The molecule has 4 aliphatic heterocycles. The van der Waals surface area contributed by atoms with Crippen molar-refractivity contribution in [3.05, 3.63) is 42.2 Å². The van der Waals surface area contributed by atoms with Crippen LogP contribution in [0.5, 0.6) is 0 Å². The van der Waals surface area contributed by atoms with E-state index in [9.17, 15) is 18.7 Å². The third-order valence-electron chi connectivity index (χ3n) is 18.6. The van der Waals surface area contributed by atoms with Crippen LogP contribution in [0.3, 0.4) is 0 Å². The molecule has 5 fully saturated rings. The molecule has 5 rings (SSSR count). The summed E-state index contributed by atoms with van der Waals surface area (Å²) in [5.41, 5.74) is 5.06. The van der Waals surface area contributed by atoms with Crippen molar-refractivity contribution in [3.63, 3.8) is 0 Å². The van der Waals surface area contributed by atoms with E-state index in [1.165, 1.54) is 5.57 Å². The highest BCUT2D eigenvalue weighted by molar-refractivity contribution is 7.25. The number of allylic oxidation sites excluding steroid dienone is 3. The minimum Gasteiger partial charge on any atom is -0.459 e. The van der Waals surface area contributed by atoms with E-state index >= 15 is 0 Å². The van der Waals surface area contributed by atoms with Crippen LogP contribution in [0.4, 0.5) is 0 Å². The van der Waals surface area contributed by atoms with Gasteiger partial charge in [0.05, 0.1) is 79.2 Å². The minimum atomic E-state index is -2.44. The minimum absolute atomic E-state index is 0.00389. The molecule has 426 valence electrons. The molecule has 0 radical (unpaired) electrons. The van der Waals surface area contributed by atoms with E-state index in [1.807, 2.05) is 13.8 Å². The summed E-state index contributed by atoms with van der Waals surface area (Å²) in [5.74, 6) is 0.295. The van der Waals surface area contributed by atoms with Crippen LogP contribution in [0.15, 0.2) is 42.2 Å². The van der Waals surface area contributed by atoms with Gasteiger partial charge >= 0.3 is 5.97 Å². The van der Waals surface area contributed by atoms with Crippen LogP contribution in [0.1, 0.15) is 160 Å². The lowest BCUT2D eigenvalue weighted by Gasteiger charge is -2.56. The van der Waals surface area contributed by atoms with Crippen molar-refractivity contribution in [1.29, 1.82) is 0 Å². The number of esters is 1. The second-order valence-electron chi connectivity index (χ2n) is 26.5. The summed E-state index contributed by atoms with van der Waals surface area (Å²) in [6.07, 6.45) is 9.61. The molecule has 0 N–H and O–H groups in total. The smallest absolute Gasteiger partial charge is 0.308 e. The Bertz CT molecular complexity index is 2010. The van der Waals surface area contributed by atoms with Crippen molar-refractivity contribution in [2.45, 2.75) is 275 Å². The average Bonchev–Trinajstić information content (AvgIpc) is 3.70. The van der Waals surface area contributed by atoms with Gasteiger partial charge in [-0.05, 0) is 155 Å². The maximum absolute atomic E-state index is 14.4. The Hall–Kier alpha value is -1.51. The van der Waals surface area contributed by atoms with Crippen molar-refractivity contribution < 1.29 is 56.0 Å². The van der Waals surface area contributed by atoms with Crippen LogP contribution in [-0.4, -0.2) is 121 Å². The number of ketones is 1. The molecule has 0 aromatic rings. The fraction of sp³-hybridized carbons (Fsp3) is 0.847. The Morgan fingerprint density at radius 3 is 2.13 bits per heavy atom. The second kappa shape index (κ2) is 27.8. The molecule has 4 heterocycles. The molecule has 5 aliphatic rings. The fourth-order valence-corrected chi connectivity index (χ4v) is 15.3. The Balaban J connectivity index is 1.34. The number of fused-ring (bicyclic) bond motifs is 2. The number of rotatable bonds is 25. The van der Waals surface area contributed by atoms with Crippen molar-refractivity contribution in [2.75, 3.05) is 13.3 Å². The lowest BCUT2D eigenvalue weighted by molar-refractivity contribution is -0.253. The van der Waals surface area contributed by atoms with Gasteiger partial charge in [0.25, 0.3) is 0 Å². The molecule has 0 aromatic carbocycles. The van der Waals surface area contributed by atoms with Gasteiger partial charge in [-0.2, -0.15) is 0 Å². The van der Waals surface area contributed by atoms with Crippen LogP contribution >= 0.6 is 16.9 Å². The van der Waals surface area contributed by atoms with Gasteiger partial charge in [0.2, 0.25) is 0 Å². The third kappa shape index (κ3) is 17.3. The van der Waals surface area contributed by atoms with Gasteiger partial charge in [0, 0.05) is 32.0 Å². The largest absolute Gasteiger partial charge is 0.459 e. The molecule has 12 nitrogen and oxygen atoms in total. The van der Waals surface area contributed by atoms with E-state index in [2.05, 4.69) is 113 Å². The van der Waals surface area contributed by atoms with E-state index < -0.39 is 41.1 Å². The first-order valence-electron chi connectivity index (χ1n) is 28.6. The highest BCUT2D eigenvalue weighted by Crippen LogP contribution is 2.50. The summed E-state index contributed by atoms with van der Waals surface area (Å²) in [5, 5.41) is -0.168. The molecule has 0 amide bonds. The summed E-state index contributed by atoms with van der Waals surface area (Å²) in [6.45, 7) is 41.6. The van der Waals surface area contributed by atoms with E-state index in [0.717, 1.165) is 44.1 Å². The predicted octanol–water partition coefficient (Wildman–Crippen LogP) is 14.4. The van der Waals surface area contributed by atoms with Crippen LogP contribution < -0.4 is 0 Å². The van der Waals surface area contributed by atoms with Crippen LogP contribution in [-0.2, 0) is 56.0 Å². The van der Waals surface area contributed by atoms with Crippen LogP contribution in [0.25, 0.3) is 0 Å². The SMILES string of the molecule is C=C=C(C)CC(C)CCC1OC(CCC(=O)C=CC(C)C2CC3CCC(CC(=O)OC4C(CC(C)OC)OC5CC(P=O)C(CCP=O)OC5C4C)OC3C(O[Si](C)(C)C(C)(C)C)C2O[Si](C)(C)C(C)(C)C)CC1=C. The average molecular weight is 1120 g/mol. The van der Waals surface area contributed by atoms with E-state index in [1.54, 1.807) is 13.2 Å². The zero-order valence-electron chi connectivity index (χ0n) is 49.2. The number of methoxy groups -OCH3 is 1. The summed E-state index contributed by atoms with van der Waals surface area (Å²) in [6, 6.07) is 0. The topological polar surface area (TPSA) is 142 Å². The molecule has 16 heteroatoms. The Labute approximate surface area is 459 Å². The lowest BCUT2D eigenvalue weighted by Crippen LogP contribution is -2.64. The molecule has 0 bridgehead atoms. The maximum Gasteiger partial charge on any atom is 0.308 e. The lowest BCUT2D eigenvalue weighted by atomic mass is 9.68. The molecular weight excluding hydrogens is 1020 g/mol. The molecule has 1 saturated carbocycles.